The maximum Gasteiger partial charge on any atom is 0.332 e. The highest BCUT2D eigenvalue weighted by atomic mass is 35.5. The largest absolute Gasteiger partial charge is 0.496 e. The molecule has 0 unspecified atom stereocenters. The van der Waals surface area contributed by atoms with E-state index in [1.807, 2.05) is 0 Å². The quantitative estimate of drug-likeness (QED) is 0.500. The Hall–Kier alpha value is -2.94. The van der Waals surface area contributed by atoms with Crippen molar-refractivity contribution in [2.75, 3.05) is 7.11 Å². The minimum absolute atomic E-state index is 0.00307. The van der Waals surface area contributed by atoms with Crippen LogP contribution in [0.15, 0.2) is 27.8 Å². The molecular formula is C16H14ClFN4O4. The van der Waals surface area contributed by atoms with Crippen molar-refractivity contribution in [1.82, 2.24) is 18.7 Å². The summed E-state index contributed by atoms with van der Waals surface area (Å²) < 4.78 is 21.8. The number of Topliss-reactive ketones (excluding diaryl/α,β-unsaturated/α-hetero) is 1. The molecule has 0 atom stereocenters. The number of carbonyl (C=O) groups excluding carboxylic acids is 1. The van der Waals surface area contributed by atoms with E-state index in [-0.39, 0.29) is 34.3 Å². The lowest BCUT2D eigenvalue weighted by Crippen LogP contribution is -2.37. The zero-order valence-corrected chi connectivity index (χ0v) is 14.9. The summed E-state index contributed by atoms with van der Waals surface area (Å²) in [6, 6.07) is 3.54. The lowest BCUT2D eigenvalue weighted by atomic mass is 10.1. The first kappa shape index (κ1) is 17.9. The van der Waals surface area contributed by atoms with Gasteiger partial charge in [-0.3, -0.25) is 18.7 Å². The average Bonchev–Trinajstić information content (AvgIpc) is 2.94. The number of carbonyl (C=O) groups is 1. The molecule has 0 fully saturated rings. The smallest absolute Gasteiger partial charge is 0.332 e. The van der Waals surface area contributed by atoms with E-state index in [0.29, 0.717) is 0 Å². The number of hydrogen-bond donors (Lipinski definition) is 0. The molecule has 3 aromatic rings. The van der Waals surface area contributed by atoms with Crippen molar-refractivity contribution in [2.45, 2.75) is 6.54 Å². The lowest BCUT2D eigenvalue weighted by molar-refractivity contribution is 0.0970. The number of fused-ring (bicyclic) bond motifs is 1. The molecule has 2 heterocycles. The van der Waals surface area contributed by atoms with Crippen LogP contribution in [0.4, 0.5) is 4.39 Å². The zero-order chi connectivity index (χ0) is 19.2. The van der Waals surface area contributed by atoms with Crippen molar-refractivity contribution in [3.05, 3.63) is 55.7 Å². The molecule has 0 saturated heterocycles. The number of halogens is 2. The molecule has 3 rings (SSSR count). The number of imidazole rings is 1. The number of ether oxygens (including phenoxy) is 1. The molecule has 0 aliphatic carbocycles. The fraction of sp³-hybridized carbons (Fsp3) is 0.250. The van der Waals surface area contributed by atoms with Crippen LogP contribution in [0.25, 0.3) is 11.2 Å². The second kappa shape index (κ2) is 6.41. The van der Waals surface area contributed by atoms with E-state index in [0.717, 1.165) is 15.2 Å². The molecule has 0 aliphatic heterocycles. The van der Waals surface area contributed by atoms with Gasteiger partial charge < -0.3 is 9.30 Å². The van der Waals surface area contributed by atoms with Gasteiger partial charge >= 0.3 is 5.69 Å². The number of methoxy groups -OCH3 is 1. The van der Waals surface area contributed by atoms with Gasteiger partial charge in [0.25, 0.3) is 5.56 Å². The van der Waals surface area contributed by atoms with Crippen LogP contribution in [-0.2, 0) is 20.6 Å². The van der Waals surface area contributed by atoms with Gasteiger partial charge in [-0.15, -0.1) is 0 Å². The van der Waals surface area contributed by atoms with Gasteiger partial charge in [0.1, 0.15) is 11.6 Å². The molecule has 26 heavy (non-hydrogen) atoms. The minimum Gasteiger partial charge on any atom is -0.496 e. The first-order chi connectivity index (χ1) is 12.3. The standard InChI is InChI=1S/C16H14ClFN4O4/c1-20-13-12(14(24)21(2)16(20)25)22(15(17)19-13)7-10(23)9-6-8(18)4-5-11(9)26-3/h4-6H,7H2,1-3H3. The van der Waals surface area contributed by atoms with Gasteiger partial charge in [-0.1, -0.05) is 0 Å². The molecule has 1 aromatic carbocycles. The Balaban J connectivity index is 2.18. The average molecular weight is 381 g/mol. The summed E-state index contributed by atoms with van der Waals surface area (Å²) in [5, 5.41) is -0.137. The van der Waals surface area contributed by atoms with Gasteiger partial charge in [-0.2, -0.15) is 4.98 Å². The van der Waals surface area contributed by atoms with Crippen LogP contribution in [0, 0.1) is 5.82 Å². The summed E-state index contributed by atoms with van der Waals surface area (Å²) in [5.41, 5.74) is -1.14. The maximum absolute atomic E-state index is 13.5. The minimum atomic E-state index is -0.637. The predicted molar refractivity (Wildman–Crippen MR) is 92.5 cm³/mol. The summed E-state index contributed by atoms with van der Waals surface area (Å²) in [4.78, 5) is 41.1. The van der Waals surface area contributed by atoms with Crippen LogP contribution < -0.4 is 16.0 Å². The summed E-state index contributed by atoms with van der Waals surface area (Å²) >= 11 is 6.08. The Morgan fingerprint density at radius 1 is 1.27 bits per heavy atom. The van der Waals surface area contributed by atoms with E-state index in [1.165, 1.54) is 37.9 Å². The van der Waals surface area contributed by atoms with Crippen molar-refractivity contribution in [3.8, 4) is 5.75 Å². The second-order valence-corrected chi connectivity index (χ2v) is 5.95. The van der Waals surface area contributed by atoms with E-state index < -0.39 is 22.8 Å². The highest BCUT2D eigenvalue weighted by molar-refractivity contribution is 6.29. The normalized spacial score (nSPS) is 11.1. The van der Waals surface area contributed by atoms with E-state index in [9.17, 15) is 18.8 Å². The third-order valence-corrected chi connectivity index (χ3v) is 4.35. The van der Waals surface area contributed by atoms with Crippen molar-refractivity contribution >= 4 is 28.5 Å². The number of benzene rings is 1. The molecule has 0 radical (unpaired) electrons. The first-order valence-electron chi connectivity index (χ1n) is 7.44. The number of nitrogens with zero attached hydrogens (tertiary/aromatic N) is 4. The number of aryl methyl sites for hydroxylation is 1. The van der Waals surface area contributed by atoms with Crippen LogP contribution in [-0.4, -0.2) is 31.6 Å². The Morgan fingerprint density at radius 3 is 2.62 bits per heavy atom. The number of rotatable bonds is 4. The summed E-state index contributed by atoms with van der Waals surface area (Å²) in [7, 11) is 4.11. The molecule has 136 valence electrons. The SMILES string of the molecule is COc1ccc(F)cc1C(=O)Cn1c(Cl)nc2c1c(=O)n(C)c(=O)n2C. The van der Waals surface area contributed by atoms with Crippen LogP contribution >= 0.6 is 11.6 Å². The highest BCUT2D eigenvalue weighted by Crippen LogP contribution is 2.22. The summed E-state index contributed by atoms with van der Waals surface area (Å²) in [6.45, 7) is -0.372. The molecule has 8 nitrogen and oxygen atoms in total. The summed E-state index contributed by atoms with van der Waals surface area (Å²) in [6.07, 6.45) is 0. The van der Waals surface area contributed by atoms with Gasteiger partial charge in [-0.05, 0) is 29.8 Å². The van der Waals surface area contributed by atoms with Crippen LogP contribution in [0.5, 0.6) is 5.75 Å². The molecule has 0 N–H and O–H groups in total. The van der Waals surface area contributed by atoms with Crippen molar-refractivity contribution in [2.24, 2.45) is 14.1 Å². The fourth-order valence-corrected chi connectivity index (χ4v) is 2.92. The Kier molecular flexibility index (Phi) is 4.41. The number of ketones is 1. The summed E-state index contributed by atoms with van der Waals surface area (Å²) in [5.74, 6) is -0.940. The highest BCUT2D eigenvalue weighted by Gasteiger charge is 2.22. The molecule has 10 heteroatoms. The lowest BCUT2D eigenvalue weighted by Gasteiger charge is -2.10. The van der Waals surface area contributed by atoms with Gasteiger partial charge in [0, 0.05) is 14.1 Å². The van der Waals surface area contributed by atoms with Crippen molar-refractivity contribution < 1.29 is 13.9 Å². The van der Waals surface area contributed by atoms with Gasteiger partial charge in [0.05, 0.1) is 19.2 Å². The Bertz CT molecular complexity index is 1160. The molecule has 0 bridgehead atoms. The van der Waals surface area contributed by atoms with Crippen molar-refractivity contribution in [1.29, 1.82) is 0 Å². The predicted octanol–water partition coefficient (Wildman–Crippen LogP) is 1.12. The monoisotopic (exact) mass is 380 g/mol. The second-order valence-electron chi connectivity index (χ2n) is 5.61. The molecule has 0 aliphatic rings. The number of hydrogen-bond acceptors (Lipinski definition) is 5. The molecular weight excluding hydrogens is 367 g/mol. The van der Waals surface area contributed by atoms with Crippen LogP contribution in [0.3, 0.4) is 0 Å². The molecule has 2 aromatic heterocycles. The van der Waals surface area contributed by atoms with Gasteiger partial charge in [0.15, 0.2) is 16.9 Å². The van der Waals surface area contributed by atoms with Crippen LogP contribution in [0.1, 0.15) is 10.4 Å². The Morgan fingerprint density at radius 2 is 1.96 bits per heavy atom. The number of aromatic nitrogens is 4. The van der Waals surface area contributed by atoms with Gasteiger partial charge in [-0.25, -0.2) is 9.18 Å². The van der Waals surface area contributed by atoms with E-state index in [2.05, 4.69) is 4.98 Å². The van der Waals surface area contributed by atoms with Crippen molar-refractivity contribution in [3.63, 3.8) is 0 Å². The van der Waals surface area contributed by atoms with E-state index in [1.54, 1.807) is 0 Å². The zero-order valence-electron chi connectivity index (χ0n) is 14.1. The third kappa shape index (κ3) is 2.70. The fourth-order valence-electron chi connectivity index (χ4n) is 2.69. The van der Waals surface area contributed by atoms with Gasteiger partial charge in [0.2, 0.25) is 5.28 Å². The molecule has 0 saturated carbocycles. The third-order valence-electron chi connectivity index (χ3n) is 4.07. The maximum atomic E-state index is 13.5. The molecule has 0 spiro atoms. The molecule has 0 amide bonds. The van der Waals surface area contributed by atoms with E-state index >= 15 is 0 Å². The van der Waals surface area contributed by atoms with E-state index in [4.69, 9.17) is 16.3 Å². The van der Waals surface area contributed by atoms with Crippen LogP contribution in [0.2, 0.25) is 5.28 Å². The first-order valence-corrected chi connectivity index (χ1v) is 7.82. The Labute approximate surface area is 151 Å². The topological polar surface area (TPSA) is 88.1 Å².